The Morgan fingerprint density at radius 3 is 2.32 bits per heavy atom. The number of alkyl halides is 3. The van der Waals surface area contributed by atoms with Crippen LogP contribution < -0.4 is 0 Å². The molecule has 2 nitrogen and oxygen atoms in total. The second kappa shape index (κ2) is 6.62. The predicted octanol–water partition coefficient (Wildman–Crippen LogP) is 5.30. The maximum Gasteiger partial charge on any atom is 0.417 e. The quantitative estimate of drug-likeness (QED) is 0.706. The normalized spacial score (nSPS) is 11.3. The van der Waals surface area contributed by atoms with Gasteiger partial charge < -0.3 is 4.74 Å². The molecule has 0 bridgehead atoms. The lowest BCUT2D eigenvalue weighted by Gasteiger charge is -2.13. The topological polar surface area (TPSA) is 26.3 Å². The summed E-state index contributed by atoms with van der Waals surface area (Å²) in [5.74, 6) is -0.501. The molecule has 0 aliphatic heterocycles. The standard InChI is InChI=1S/C15H10ClF3O2S/c1-21-14(20)9-2-5-11(6-3-9)22-13-7-4-10(16)8-12(13)15(17,18)19/h2-8H,1H3. The highest BCUT2D eigenvalue weighted by Crippen LogP contribution is 2.40. The molecule has 2 aromatic rings. The molecule has 0 saturated carbocycles. The monoisotopic (exact) mass is 346 g/mol. The van der Waals surface area contributed by atoms with Crippen LogP contribution in [0.2, 0.25) is 5.02 Å². The average molecular weight is 347 g/mol. The molecule has 0 N–H and O–H groups in total. The first-order valence-electron chi connectivity index (χ1n) is 6.04. The largest absolute Gasteiger partial charge is 0.465 e. The van der Waals surface area contributed by atoms with E-state index in [1.165, 1.54) is 31.4 Å². The average Bonchev–Trinajstić information content (AvgIpc) is 2.48. The van der Waals surface area contributed by atoms with Crippen LogP contribution in [0, 0.1) is 0 Å². The molecule has 0 unspecified atom stereocenters. The fourth-order valence-electron chi connectivity index (χ4n) is 1.72. The van der Waals surface area contributed by atoms with Crippen molar-refractivity contribution in [2.24, 2.45) is 0 Å². The van der Waals surface area contributed by atoms with Crippen LogP contribution in [0.1, 0.15) is 15.9 Å². The lowest BCUT2D eigenvalue weighted by Crippen LogP contribution is -2.06. The van der Waals surface area contributed by atoms with Gasteiger partial charge in [0.1, 0.15) is 0 Å². The minimum Gasteiger partial charge on any atom is -0.465 e. The van der Waals surface area contributed by atoms with E-state index in [4.69, 9.17) is 11.6 Å². The van der Waals surface area contributed by atoms with E-state index in [-0.39, 0.29) is 9.92 Å². The molecule has 0 heterocycles. The van der Waals surface area contributed by atoms with Gasteiger partial charge >= 0.3 is 12.1 Å². The van der Waals surface area contributed by atoms with Gasteiger partial charge in [0.2, 0.25) is 0 Å². The molecule has 116 valence electrons. The van der Waals surface area contributed by atoms with Gasteiger partial charge in [-0.2, -0.15) is 13.2 Å². The minimum absolute atomic E-state index is 0.0257. The summed E-state index contributed by atoms with van der Waals surface area (Å²) in [6.45, 7) is 0. The second-order valence-electron chi connectivity index (χ2n) is 4.26. The smallest absolute Gasteiger partial charge is 0.417 e. The van der Waals surface area contributed by atoms with Crippen molar-refractivity contribution in [3.8, 4) is 0 Å². The maximum absolute atomic E-state index is 13.0. The van der Waals surface area contributed by atoms with Crippen LogP contribution in [0.4, 0.5) is 13.2 Å². The zero-order chi connectivity index (χ0) is 16.3. The molecule has 0 fully saturated rings. The SMILES string of the molecule is COC(=O)c1ccc(Sc2ccc(Cl)cc2C(F)(F)F)cc1. The van der Waals surface area contributed by atoms with E-state index in [9.17, 15) is 18.0 Å². The number of halogens is 4. The third-order valence-electron chi connectivity index (χ3n) is 2.75. The molecular formula is C15H10ClF3O2S. The van der Waals surface area contributed by atoms with E-state index in [2.05, 4.69) is 4.74 Å². The summed E-state index contributed by atoms with van der Waals surface area (Å²) in [7, 11) is 1.26. The van der Waals surface area contributed by atoms with Gasteiger partial charge in [-0.3, -0.25) is 0 Å². The van der Waals surface area contributed by atoms with E-state index in [0.29, 0.717) is 10.5 Å². The molecule has 2 aromatic carbocycles. The molecule has 0 aromatic heterocycles. The summed E-state index contributed by atoms with van der Waals surface area (Å²) in [5.41, 5.74) is -0.457. The van der Waals surface area contributed by atoms with Crippen LogP contribution in [0.25, 0.3) is 0 Å². The Hall–Kier alpha value is -1.66. The predicted molar refractivity (Wildman–Crippen MR) is 78.4 cm³/mol. The molecular weight excluding hydrogens is 337 g/mol. The van der Waals surface area contributed by atoms with Crippen molar-refractivity contribution in [1.82, 2.24) is 0 Å². The Kier molecular flexibility index (Phi) is 5.03. The van der Waals surface area contributed by atoms with Gasteiger partial charge in [-0.25, -0.2) is 4.79 Å². The fraction of sp³-hybridized carbons (Fsp3) is 0.133. The first kappa shape index (κ1) is 16.7. The molecule has 0 radical (unpaired) electrons. The third kappa shape index (κ3) is 3.96. The van der Waals surface area contributed by atoms with Crippen molar-refractivity contribution in [2.45, 2.75) is 16.0 Å². The number of benzene rings is 2. The molecule has 0 atom stereocenters. The van der Waals surface area contributed by atoms with Gasteiger partial charge in [-0.1, -0.05) is 23.4 Å². The van der Waals surface area contributed by atoms with E-state index in [1.807, 2.05) is 0 Å². The minimum atomic E-state index is -4.49. The Morgan fingerprint density at radius 2 is 1.77 bits per heavy atom. The molecule has 0 saturated heterocycles. The molecule has 0 aliphatic carbocycles. The summed E-state index contributed by atoms with van der Waals surface area (Å²) >= 11 is 6.58. The van der Waals surface area contributed by atoms with E-state index >= 15 is 0 Å². The van der Waals surface area contributed by atoms with Crippen LogP contribution in [0.5, 0.6) is 0 Å². The summed E-state index contributed by atoms with van der Waals surface area (Å²) in [5, 5.41) is 0.0257. The molecule has 22 heavy (non-hydrogen) atoms. The van der Waals surface area contributed by atoms with Gasteiger partial charge in [0, 0.05) is 14.8 Å². The number of ether oxygens (including phenoxy) is 1. The van der Waals surface area contributed by atoms with E-state index < -0.39 is 17.7 Å². The number of methoxy groups -OCH3 is 1. The third-order valence-corrected chi connectivity index (χ3v) is 4.07. The van der Waals surface area contributed by atoms with Crippen LogP contribution in [0.3, 0.4) is 0 Å². The van der Waals surface area contributed by atoms with Gasteiger partial charge in [0.15, 0.2) is 0 Å². The van der Waals surface area contributed by atoms with Crippen LogP contribution in [0.15, 0.2) is 52.3 Å². The Bertz CT molecular complexity index is 684. The Morgan fingerprint density at radius 1 is 1.14 bits per heavy atom. The van der Waals surface area contributed by atoms with Crippen LogP contribution in [-0.4, -0.2) is 13.1 Å². The highest BCUT2D eigenvalue weighted by Gasteiger charge is 2.33. The van der Waals surface area contributed by atoms with Crippen molar-refractivity contribution in [3.05, 3.63) is 58.6 Å². The summed E-state index contributed by atoms with van der Waals surface area (Å²) in [4.78, 5) is 11.9. The number of esters is 1. The van der Waals surface area contributed by atoms with Gasteiger partial charge in [0.25, 0.3) is 0 Å². The lowest BCUT2D eigenvalue weighted by molar-refractivity contribution is -0.139. The first-order chi connectivity index (χ1) is 10.3. The maximum atomic E-state index is 13.0. The molecule has 0 aliphatic rings. The summed E-state index contributed by atoms with van der Waals surface area (Å²) in [6.07, 6.45) is -4.49. The van der Waals surface area contributed by atoms with Gasteiger partial charge in [0.05, 0.1) is 18.2 Å². The van der Waals surface area contributed by atoms with Crippen molar-refractivity contribution < 1.29 is 22.7 Å². The number of hydrogen-bond donors (Lipinski definition) is 0. The van der Waals surface area contributed by atoms with Crippen LogP contribution in [-0.2, 0) is 10.9 Å². The fourth-order valence-corrected chi connectivity index (χ4v) is 2.84. The van der Waals surface area contributed by atoms with Crippen LogP contribution >= 0.6 is 23.4 Å². The Labute approximate surface area is 134 Å². The molecule has 2 rings (SSSR count). The van der Waals surface area contributed by atoms with E-state index in [0.717, 1.165) is 17.8 Å². The summed E-state index contributed by atoms with van der Waals surface area (Å²) < 4.78 is 43.6. The summed E-state index contributed by atoms with van der Waals surface area (Å²) in [6, 6.07) is 9.74. The highest BCUT2D eigenvalue weighted by molar-refractivity contribution is 7.99. The van der Waals surface area contributed by atoms with Crippen molar-refractivity contribution in [1.29, 1.82) is 0 Å². The zero-order valence-corrected chi connectivity index (χ0v) is 12.9. The molecule has 0 spiro atoms. The Balaban J connectivity index is 2.29. The lowest BCUT2D eigenvalue weighted by atomic mass is 10.2. The van der Waals surface area contributed by atoms with Gasteiger partial charge in [-0.15, -0.1) is 0 Å². The van der Waals surface area contributed by atoms with Crippen molar-refractivity contribution in [3.63, 3.8) is 0 Å². The van der Waals surface area contributed by atoms with Crippen molar-refractivity contribution >= 4 is 29.3 Å². The zero-order valence-electron chi connectivity index (χ0n) is 11.3. The first-order valence-corrected chi connectivity index (χ1v) is 7.23. The molecule has 7 heteroatoms. The number of hydrogen-bond acceptors (Lipinski definition) is 3. The highest BCUT2D eigenvalue weighted by atomic mass is 35.5. The number of carbonyl (C=O) groups excluding carboxylic acids is 1. The second-order valence-corrected chi connectivity index (χ2v) is 5.81. The number of carbonyl (C=O) groups is 1. The van der Waals surface area contributed by atoms with Gasteiger partial charge in [-0.05, 0) is 42.5 Å². The van der Waals surface area contributed by atoms with E-state index in [1.54, 1.807) is 12.1 Å². The van der Waals surface area contributed by atoms with Crippen molar-refractivity contribution in [2.75, 3.05) is 7.11 Å². The molecule has 0 amide bonds. The number of rotatable bonds is 3.